The molecule has 1 aromatic carbocycles. The van der Waals surface area contributed by atoms with Crippen molar-refractivity contribution in [3.05, 3.63) is 28.2 Å². The highest BCUT2D eigenvalue weighted by Crippen LogP contribution is 2.27. The lowest BCUT2D eigenvalue weighted by Gasteiger charge is -2.17. The molecule has 0 radical (unpaired) electrons. The molecule has 1 rings (SSSR count). The molecule has 1 N–H and O–H groups in total. The average Bonchev–Trinajstić information content (AvgIpc) is 2.42. The number of hydrogen-bond acceptors (Lipinski definition) is 3. The summed E-state index contributed by atoms with van der Waals surface area (Å²) in [6.45, 7) is 9.81. The van der Waals surface area contributed by atoms with Crippen LogP contribution in [-0.4, -0.2) is 43.4 Å². The number of likely N-dealkylation sites (N-methyl/N-ethyl adjacent to an activating group) is 1. The van der Waals surface area contributed by atoms with Crippen LogP contribution in [0.3, 0.4) is 0 Å². The SMILES string of the molecule is CCN(CC)CCNCCSc1ccc(Cl)c(Cl)c1. The van der Waals surface area contributed by atoms with Crippen molar-refractivity contribution in [2.45, 2.75) is 18.7 Å². The van der Waals surface area contributed by atoms with Crippen LogP contribution in [0.1, 0.15) is 13.8 Å². The number of nitrogens with one attached hydrogen (secondary N) is 1. The second kappa shape index (κ2) is 9.89. The van der Waals surface area contributed by atoms with E-state index in [4.69, 9.17) is 23.2 Å². The van der Waals surface area contributed by atoms with Crippen molar-refractivity contribution in [3.63, 3.8) is 0 Å². The fraction of sp³-hybridized carbons (Fsp3) is 0.571. The van der Waals surface area contributed by atoms with Gasteiger partial charge in [0.1, 0.15) is 0 Å². The van der Waals surface area contributed by atoms with Crippen molar-refractivity contribution >= 4 is 35.0 Å². The van der Waals surface area contributed by atoms with Gasteiger partial charge in [0, 0.05) is 30.3 Å². The molecular weight excluding hydrogens is 299 g/mol. The quantitative estimate of drug-likeness (QED) is 0.546. The molecule has 108 valence electrons. The summed E-state index contributed by atoms with van der Waals surface area (Å²) < 4.78 is 0. The minimum Gasteiger partial charge on any atom is -0.315 e. The van der Waals surface area contributed by atoms with Crippen LogP contribution in [0, 0.1) is 0 Å². The van der Waals surface area contributed by atoms with Crippen molar-refractivity contribution in [2.24, 2.45) is 0 Å². The average molecular weight is 321 g/mol. The van der Waals surface area contributed by atoms with Crippen LogP contribution in [0.15, 0.2) is 23.1 Å². The van der Waals surface area contributed by atoms with E-state index in [9.17, 15) is 0 Å². The van der Waals surface area contributed by atoms with Gasteiger partial charge in [-0.05, 0) is 31.3 Å². The van der Waals surface area contributed by atoms with Gasteiger partial charge in [-0.1, -0.05) is 37.0 Å². The first-order valence-electron chi connectivity index (χ1n) is 6.68. The summed E-state index contributed by atoms with van der Waals surface area (Å²) in [6.07, 6.45) is 0. The topological polar surface area (TPSA) is 15.3 Å². The Hall–Kier alpha value is 0.0700. The van der Waals surface area contributed by atoms with Gasteiger partial charge in [-0.25, -0.2) is 0 Å². The van der Waals surface area contributed by atoms with Gasteiger partial charge in [-0.15, -0.1) is 11.8 Å². The third-order valence-electron chi connectivity index (χ3n) is 2.94. The number of halogens is 2. The molecule has 0 saturated heterocycles. The maximum atomic E-state index is 5.98. The molecule has 0 heterocycles. The fourth-order valence-corrected chi connectivity index (χ4v) is 2.92. The maximum absolute atomic E-state index is 5.98. The van der Waals surface area contributed by atoms with Crippen molar-refractivity contribution in [1.29, 1.82) is 0 Å². The normalized spacial score (nSPS) is 11.2. The lowest BCUT2D eigenvalue weighted by atomic mass is 10.4. The standard InChI is InChI=1S/C14H22Cl2N2S/c1-3-18(4-2)9-7-17-8-10-19-12-5-6-13(15)14(16)11-12/h5-6,11,17H,3-4,7-10H2,1-2H3. The van der Waals surface area contributed by atoms with E-state index in [1.807, 2.05) is 18.2 Å². The third kappa shape index (κ3) is 6.87. The molecule has 0 fully saturated rings. The van der Waals surface area contributed by atoms with Crippen LogP contribution < -0.4 is 5.32 Å². The molecule has 5 heteroatoms. The molecule has 0 bridgehead atoms. The molecule has 0 saturated carbocycles. The zero-order valence-electron chi connectivity index (χ0n) is 11.6. The molecule has 0 spiro atoms. The smallest absolute Gasteiger partial charge is 0.0603 e. The van der Waals surface area contributed by atoms with E-state index in [2.05, 4.69) is 24.1 Å². The molecule has 0 amide bonds. The first-order valence-corrected chi connectivity index (χ1v) is 8.42. The van der Waals surface area contributed by atoms with Gasteiger partial charge in [-0.2, -0.15) is 0 Å². The van der Waals surface area contributed by atoms with Gasteiger partial charge in [0.25, 0.3) is 0 Å². The molecule has 0 aliphatic rings. The Kier molecular flexibility index (Phi) is 8.92. The third-order valence-corrected chi connectivity index (χ3v) is 4.67. The van der Waals surface area contributed by atoms with Gasteiger partial charge < -0.3 is 10.2 Å². The van der Waals surface area contributed by atoms with Crippen LogP contribution in [0.4, 0.5) is 0 Å². The van der Waals surface area contributed by atoms with Crippen molar-refractivity contribution in [2.75, 3.05) is 38.5 Å². The second-order valence-corrected chi connectivity index (χ2v) is 6.18. The number of thioether (sulfide) groups is 1. The largest absolute Gasteiger partial charge is 0.315 e. The number of nitrogens with zero attached hydrogens (tertiary/aromatic N) is 1. The van der Waals surface area contributed by atoms with E-state index < -0.39 is 0 Å². The summed E-state index contributed by atoms with van der Waals surface area (Å²) in [4.78, 5) is 3.58. The Morgan fingerprint density at radius 3 is 2.47 bits per heavy atom. The molecule has 1 aromatic rings. The predicted octanol–water partition coefficient (Wildman–Crippen LogP) is 4.02. The highest BCUT2D eigenvalue weighted by Gasteiger charge is 2.00. The molecule has 0 aromatic heterocycles. The van der Waals surface area contributed by atoms with Gasteiger partial charge in [0.05, 0.1) is 10.0 Å². The monoisotopic (exact) mass is 320 g/mol. The van der Waals surface area contributed by atoms with Crippen LogP contribution in [0.25, 0.3) is 0 Å². The molecule has 0 aliphatic carbocycles. The molecule has 0 unspecified atom stereocenters. The Bertz CT molecular complexity index is 370. The zero-order chi connectivity index (χ0) is 14.1. The number of rotatable bonds is 9. The van der Waals surface area contributed by atoms with E-state index in [1.54, 1.807) is 11.8 Å². The summed E-state index contributed by atoms with van der Waals surface area (Å²) in [5.41, 5.74) is 0. The number of hydrogen-bond donors (Lipinski definition) is 1. The lowest BCUT2D eigenvalue weighted by Crippen LogP contribution is -2.32. The minimum atomic E-state index is 0.614. The summed E-state index contributed by atoms with van der Waals surface area (Å²) in [7, 11) is 0. The fourth-order valence-electron chi connectivity index (χ4n) is 1.71. The van der Waals surface area contributed by atoms with E-state index in [0.717, 1.165) is 38.5 Å². The molecule has 19 heavy (non-hydrogen) atoms. The maximum Gasteiger partial charge on any atom is 0.0603 e. The van der Waals surface area contributed by atoms with Gasteiger partial charge in [0.2, 0.25) is 0 Å². The summed E-state index contributed by atoms with van der Waals surface area (Å²) in [5.74, 6) is 1.04. The Morgan fingerprint density at radius 2 is 1.84 bits per heavy atom. The first kappa shape index (κ1) is 17.1. The van der Waals surface area contributed by atoms with E-state index in [1.165, 1.54) is 4.90 Å². The van der Waals surface area contributed by atoms with Crippen LogP contribution >= 0.6 is 35.0 Å². The first-order chi connectivity index (χ1) is 9.17. The summed E-state index contributed by atoms with van der Waals surface area (Å²) in [5, 5.41) is 4.70. The minimum absolute atomic E-state index is 0.614. The van der Waals surface area contributed by atoms with Gasteiger partial charge in [-0.3, -0.25) is 0 Å². The highest BCUT2D eigenvalue weighted by atomic mass is 35.5. The van der Waals surface area contributed by atoms with Crippen molar-refractivity contribution in [1.82, 2.24) is 10.2 Å². The summed E-state index contributed by atoms with van der Waals surface area (Å²) >= 11 is 13.7. The van der Waals surface area contributed by atoms with Gasteiger partial charge >= 0.3 is 0 Å². The van der Waals surface area contributed by atoms with E-state index in [0.29, 0.717) is 10.0 Å². The summed E-state index contributed by atoms with van der Waals surface area (Å²) in [6, 6.07) is 5.78. The molecule has 0 aliphatic heterocycles. The van der Waals surface area contributed by atoms with E-state index in [-0.39, 0.29) is 0 Å². The zero-order valence-corrected chi connectivity index (χ0v) is 13.9. The molecule has 0 atom stereocenters. The van der Waals surface area contributed by atoms with Crippen LogP contribution in [-0.2, 0) is 0 Å². The highest BCUT2D eigenvalue weighted by molar-refractivity contribution is 7.99. The number of benzene rings is 1. The predicted molar refractivity (Wildman–Crippen MR) is 87.8 cm³/mol. The second-order valence-electron chi connectivity index (χ2n) is 4.20. The van der Waals surface area contributed by atoms with Crippen molar-refractivity contribution < 1.29 is 0 Å². The molecular formula is C14H22Cl2N2S. The van der Waals surface area contributed by atoms with Crippen LogP contribution in [0.5, 0.6) is 0 Å². The Labute approximate surface area is 130 Å². The lowest BCUT2D eigenvalue weighted by molar-refractivity contribution is 0.303. The Balaban J connectivity index is 2.12. The van der Waals surface area contributed by atoms with Crippen molar-refractivity contribution in [3.8, 4) is 0 Å². The molecule has 2 nitrogen and oxygen atoms in total. The van der Waals surface area contributed by atoms with Gasteiger partial charge in [0.15, 0.2) is 0 Å². The Morgan fingerprint density at radius 1 is 1.11 bits per heavy atom. The van der Waals surface area contributed by atoms with Crippen LogP contribution in [0.2, 0.25) is 10.0 Å². The van der Waals surface area contributed by atoms with E-state index >= 15 is 0 Å².